The molecule has 1 aliphatic carbocycles. The number of carbonyl (C=O) groups is 2. The van der Waals surface area contributed by atoms with Gasteiger partial charge in [0.2, 0.25) is 11.8 Å². The minimum atomic E-state index is -1.14. The highest BCUT2D eigenvalue weighted by Gasteiger charge is 2.57. The lowest BCUT2D eigenvalue weighted by molar-refractivity contribution is -0.133. The van der Waals surface area contributed by atoms with Crippen molar-refractivity contribution in [1.29, 1.82) is 0 Å². The zero-order chi connectivity index (χ0) is 15.7. The fraction of sp³-hybridized carbons (Fsp3) is 0.188. The van der Waals surface area contributed by atoms with Crippen molar-refractivity contribution >= 4 is 23.3 Å². The SMILES string of the molecule is NC(=O)C1(C(=O)N(c2ccc(O)cc2)c2ccccn2)CC1. The first-order valence-corrected chi connectivity index (χ1v) is 6.89. The number of nitrogens with two attached hydrogens (primary N) is 1. The van der Waals surface area contributed by atoms with Crippen LogP contribution in [0.25, 0.3) is 0 Å². The maximum atomic E-state index is 12.9. The van der Waals surface area contributed by atoms with Crippen molar-refractivity contribution in [3.05, 3.63) is 48.7 Å². The molecule has 3 N–H and O–H groups in total. The van der Waals surface area contributed by atoms with Gasteiger partial charge in [-0.05, 0) is 49.2 Å². The van der Waals surface area contributed by atoms with Gasteiger partial charge in [-0.2, -0.15) is 0 Å². The van der Waals surface area contributed by atoms with Gasteiger partial charge < -0.3 is 10.8 Å². The van der Waals surface area contributed by atoms with Crippen LogP contribution in [0, 0.1) is 5.41 Å². The third kappa shape index (κ3) is 2.28. The summed E-state index contributed by atoms with van der Waals surface area (Å²) in [5.74, 6) is -0.500. The molecule has 0 atom stereocenters. The van der Waals surface area contributed by atoms with Crippen molar-refractivity contribution < 1.29 is 14.7 Å². The van der Waals surface area contributed by atoms with Crippen LogP contribution in [0.3, 0.4) is 0 Å². The Kier molecular flexibility index (Phi) is 3.29. The number of pyridine rings is 1. The number of primary amides is 1. The number of carbonyl (C=O) groups excluding carboxylic acids is 2. The molecule has 0 unspecified atom stereocenters. The summed E-state index contributed by atoms with van der Waals surface area (Å²) in [4.78, 5) is 30.1. The topological polar surface area (TPSA) is 96.5 Å². The molecule has 2 amide bonds. The molecule has 1 fully saturated rings. The van der Waals surface area contributed by atoms with E-state index < -0.39 is 11.3 Å². The Morgan fingerprint density at radius 1 is 1.14 bits per heavy atom. The van der Waals surface area contributed by atoms with Gasteiger partial charge in [0.1, 0.15) is 17.0 Å². The summed E-state index contributed by atoms with van der Waals surface area (Å²) < 4.78 is 0. The number of aromatic nitrogens is 1. The van der Waals surface area contributed by atoms with E-state index in [0.717, 1.165) is 0 Å². The first kappa shape index (κ1) is 14.1. The molecular formula is C16H15N3O3. The molecule has 1 aliphatic rings. The lowest BCUT2D eigenvalue weighted by atomic mass is 10.0. The van der Waals surface area contributed by atoms with Gasteiger partial charge in [0, 0.05) is 6.20 Å². The molecule has 22 heavy (non-hydrogen) atoms. The monoisotopic (exact) mass is 297 g/mol. The smallest absolute Gasteiger partial charge is 0.248 e. The van der Waals surface area contributed by atoms with Crippen LogP contribution in [0.15, 0.2) is 48.7 Å². The summed E-state index contributed by atoms with van der Waals surface area (Å²) in [6.07, 6.45) is 2.46. The Labute approximate surface area is 127 Å². The molecule has 6 heteroatoms. The predicted octanol–water partition coefficient (Wildman–Crippen LogP) is 1.72. The lowest BCUT2D eigenvalue weighted by Crippen LogP contribution is -2.41. The van der Waals surface area contributed by atoms with E-state index in [1.807, 2.05) is 0 Å². The van der Waals surface area contributed by atoms with E-state index in [0.29, 0.717) is 24.3 Å². The minimum Gasteiger partial charge on any atom is -0.508 e. The Hall–Kier alpha value is -2.89. The Morgan fingerprint density at radius 2 is 1.82 bits per heavy atom. The molecule has 0 aliphatic heterocycles. The van der Waals surface area contributed by atoms with Crippen molar-refractivity contribution in [1.82, 2.24) is 4.98 Å². The van der Waals surface area contributed by atoms with E-state index in [1.165, 1.54) is 17.0 Å². The van der Waals surface area contributed by atoms with Gasteiger partial charge >= 0.3 is 0 Å². The van der Waals surface area contributed by atoms with Gasteiger partial charge in [0.05, 0.1) is 5.69 Å². The third-order valence-corrected chi connectivity index (χ3v) is 3.82. The van der Waals surface area contributed by atoms with E-state index >= 15 is 0 Å². The Balaban J connectivity index is 2.06. The number of hydrogen-bond acceptors (Lipinski definition) is 4. The van der Waals surface area contributed by atoms with E-state index in [1.54, 1.807) is 36.5 Å². The summed E-state index contributed by atoms with van der Waals surface area (Å²) in [5, 5.41) is 9.41. The number of rotatable bonds is 4. The van der Waals surface area contributed by atoms with Gasteiger partial charge in [-0.25, -0.2) is 4.98 Å². The molecule has 1 saturated carbocycles. The quantitative estimate of drug-likeness (QED) is 0.840. The molecule has 0 bridgehead atoms. The standard InChI is InChI=1S/C16H15N3O3/c17-14(21)16(8-9-16)15(22)19(13-3-1-2-10-18-13)11-4-6-12(20)7-5-11/h1-7,10,20H,8-9H2,(H2,17,21). The summed E-state index contributed by atoms with van der Waals surface area (Å²) >= 11 is 0. The van der Waals surface area contributed by atoms with Crippen molar-refractivity contribution in [2.75, 3.05) is 4.90 Å². The maximum Gasteiger partial charge on any atom is 0.248 e. The molecule has 0 spiro atoms. The summed E-state index contributed by atoms with van der Waals surface area (Å²) in [7, 11) is 0. The zero-order valence-electron chi connectivity index (χ0n) is 11.8. The molecule has 1 aromatic heterocycles. The highest BCUT2D eigenvalue weighted by Crippen LogP contribution is 2.48. The zero-order valence-corrected chi connectivity index (χ0v) is 11.8. The summed E-state index contributed by atoms with van der Waals surface area (Å²) in [6.45, 7) is 0. The normalized spacial score (nSPS) is 15.1. The minimum absolute atomic E-state index is 0.0909. The van der Waals surface area contributed by atoms with Crippen LogP contribution < -0.4 is 10.6 Å². The first-order valence-electron chi connectivity index (χ1n) is 6.89. The fourth-order valence-corrected chi connectivity index (χ4v) is 2.35. The Bertz CT molecular complexity index is 709. The molecule has 1 aromatic carbocycles. The molecule has 0 saturated heterocycles. The second kappa shape index (κ2) is 5.14. The van der Waals surface area contributed by atoms with E-state index in [-0.39, 0.29) is 11.7 Å². The second-order valence-corrected chi connectivity index (χ2v) is 5.29. The van der Waals surface area contributed by atoms with Gasteiger partial charge in [0.15, 0.2) is 0 Å². The van der Waals surface area contributed by atoms with Crippen LogP contribution in [0.1, 0.15) is 12.8 Å². The van der Waals surface area contributed by atoms with Gasteiger partial charge in [-0.1, -0.05) is 6.07 Å². The van der Waals surface area contributed by atoms with Crippen LogP contribution in [-0.4, -0.2) is 21.9 Å². The van der Waals surface area contributed by atoms with Crippen molar-refractivity contribution in [2.45, 2.75) is 12.8 Å². The molecule has 112 valence electrons. The highest BCUT2D eigenvalue weighted by molar-refractivity contribution is 6.16. The fourth-order valence-electron chi connectivity index (χ4n) is 2.35. The first-order chi connectivity index (χ1) is 10.5. The third-order valence-electron chi connectivity index (χ3n) is 3.82. The van der Waals surface area contributed by atoms with E-state index in [9.17, 15) is 14.7 Å². The summed E-state index contributed by atoms with van der Waals surface area (Å²) in [6, 6.07) is 11.3. The number of aromatic hydroxyl groups is 1. The number of phenolic OH excluding ortho intramolecular Hbond substituents is 1. The van der Waals surface area contributed by atoms with Crippen molar-refractivity contribution in [3.8, 4) is 5.75 Å². The van der Waals surface area contributed by atoms with Crippen molar-refractivity contribution in [2.24, 2.45) is 11.1 Å². The van der Waals surface area contributed by atoms with Crippen LogP contribution in [-0.2, 0) is 9.59 Å². The number of nitrogens with zero attached hydrogens (tertiary/aromatic N) is 2. The van der Waals surface area contributed by atoms with Crippen LogP contribution >= 0.6 is 0 Å². The average Bonchev–Trinajstić information content (AvgIpc) is 3.32. The van der Waals surface area contributed by atoms with Crippen LogP contribution in [0.2, 0.25) is 0 Å². The highest BCUT2D eigenvalue weighted by atomic mass is 16.3. The number of amides is 2. The van der Waals surface area contributed by atoms with Gasteiger partial charge in [0.25, 0.3) is 0 Å². The lowest BCUT2D eigenvalue weighted by Gasteiger charge is -2.25. The number of hydrogen-bond donors (Lipinski definition) is 2. The molecule has 1 heterocycles. The molecule has 6 nitrogen and oxygen atoms in total. The number of phenols is 1. The molecule has 3 rings (SSSR count). The van der Waals surface area contributed by atoms with Gasteiger partial charge in [-0.15, -0.1) is 0 Å². The molecular weight excluding hydrogens is 282 g/mol. The van der Waals surface area contributed by atoms with Gasteiger partial charge in [-0.3, -0.25) is 14.5 Å². The largest absolute Gasteiger partial charge is 0.508 e. The predicted molar refractivity (Wildman–Crippen MR) is 80.4 cm³/mol. The van der Waals surface area contributed by atoms with Crippen LogP contribution in [0.4, 0.5) is 11.5 Å². The van der Waals surface area contributed by atoms with Crippen LogP contribution in [0.5, 0.6) is 5.75 Å². The molecule has 0 radical (unpaired) electrons. The maximum absolute atomic E-state index is 12.9. The number of benzene rings is 1. The van der Waals surface area contributed by atoms with E-state index in [4.69, 9.17) is 5.73 Å². The summed E-state index contributed by atoms with van der Waals surface area (Å²) in [5.41, 5.74) is 4.78. The van der Waals surface area contributed by atoms with E-state index in [2.05, 4.69) is 4.98 Å². The molecule has 2 aromatic rings. The Morgan fingerprint density at radius 3 is 2.32 bits per heavy atom. The second-order valence-electron chi connectivity index (χ2n) is 5.29. The van der Waals surface area contributed by atoms with Crippen molar-refractivity contribution in [3.63, 3.8) is 0 Å². The average molecular weight is 297 g/mol. The number of anilines is 2.